The monoisotopic (exact) mass is 440 g/mol. The Morgan fingerprint density at radius 1 is 1.07 bits per heavy atom. The quantitative estimate of drug-likeness (QED) is 0.405. The van der Waals surface area contributed by atoms with Crippen LogP contribution < -0.4 is 4.18 Å². The Morgan fingerprint density at radius 3 is 2.18 bits per heavy atom. The molecule has 0 spiro atoms. The molecular weight excluding hydrogens is 425 g/mol. The average molecular weight is 440 g/mol. The molecule has 2 aromatic rings. The second-order valence-corrected chi connectivity index (χ2v) is 9.04. The number of fused-ring (bicyclic) bond motifs is 1. The van der Waals surface area contributed by atoms with E-state index >= 15 is 0 Å². The molecule has 1 aromatic heterocycles. The third-order valence-corrected chi connectivity index (χ3v) is 5.19. The second-order valence-electron chi connectivity index (χ2n) is 6.45. The lowest BCUT2D eigenvalue weighted by Crippen LogP contribution is -2.28. The standard InChI is InChI=1S/C16H15F3O7S2/c1-15(2,3)25-13(20)8-5-6-9-10(7-8)27-12(14(21)24-4)11(9)26-28(22,23)16(17,18)19/h5-7H,1-4H3. The van der Waals surface area contributed by atoms with E-state index in [1.807, 2.05) is 0 Å². The van der Waals surface area contributed by atoms with Gasteiger partial charge in [-0.05, 0) is 39.0 Å². The Kier molecular flexibility index (Phi) is 5.68. The van der Waals surface area contributed by atoms with Crippen LogP contribution >= 0.6 is 11.3 Å². The summed E-state index contributed by atoms with van der Waals surface area (Å²) in [6.07, 6.45) is 0. The molecular formula is C16H15F3O7S2. The summed E-state index contributed by atoms with van der Waals surface area (Å²) in [5, 5.41) is -0.106. The molecule has 0 atom stereocenters. The smallest absolute Gasteiger partial charge is 0.465 e. The minimum absolute atomic E-state index is 0.0605. The van der Waals surface area contributed by atoms with Gasteiger partial charge in [0.05, 0.1) is 12.7 Å². The van der Waals surface area contributed by atoms with Crippen LogP contribution in [0.1, 0.15) is 40.8 Å². The zero-order chi connectivity index (χ0) is 21.5. The van der Waals surface area contributed by atoms with Crippen LogP contribution in [0.15, 0.2) is 18.2 Å². The average Bonchev–Trinajstić information content (AvgIpc) is 2.88. The Hall–Kier alpha value is -2.34. The first kappa shape index (κ1) is 22.0. The molecule has 154 valence electrons. The van der Waals surface area contributed by atoms with E-state index < -0.39 is 43.8 Å². The lowest BCUT2D eigenvalue weighted by Gasteiger charge is -2.19. The van der Waals surface area contributed by atoms with E-state index in [1.54, 1.807) is 20.8 Å². The summed E-state index contributed by atoms with van der Waals surface area (Å²) >= 11 is 0.618. The topological polar surface area (TPSA) is 96.0 Å². The highest BCUT2D eigenvalue weighted by Crippen LogP contribution is 2.41. The van der Waals surface area contributed by atoms with E-state index in [4.69, 9.17) is 4.74 Å². The van der Waals surface area contributed by atoms with Crippen molar-refractivity contribution in [2.24, 2.45) is 0 Å². The highest BCUT2D eigenvalue weighted by molar-refractivity contribution is 7.88. The number of methoxy groups -OCH3 is 1. The summed E-state index contributed by atoms with van der Waals surface area (Å²) in [7, 11) is -5.05. The van der Waals surface area contributed by atoms with Gasteiger partial charge in [0.15, 0.2) is 10.6 Å². The molecule has 0 saturated carbocycles. The van der Waals surface area contributed by atoms with E-state index in [1.165, 1.54) is 18.2 Å². The number of carbonyl (C=O) groups is 2. The maximum absolute atomic E-state index is 12.7. The third-order valence-electron chi connectivity index (χ3n) is 3.13. The Bertz CT molecular complexity index is 1030. The second kappa shape index (κ2) is 7.24. The minimum Gasteiger partial charge on any atom is -0.465 e. The molecule has 0 aliphatic rings. The summed E-state index contributed by atoms with van der Waals surface area (Å²) in [6.45, 7) is 4.95. The fourth-order valence-corrected chi connectivity index (χ4v) is 3.63. The van der Waals surface area contributed by atoms with Gasteiger partial charge in [0.2, 0.25) is 0 Å². The van der Waals surface area contributed by atoms with Crippen molar-refractivity contribution in [1.82, 2.24) is 0 Å². The van der Waals surface area contributed by atoms with E-state index in [2.05, 4.69) is 8.92 Å². The number of ether oxygens (including phenoxy) is 2. The molecule has 1 heterocycles. The Labute approximate surface area is 162 Å². The predicted molar refractivity (Wildman–Crippen MR) is 93.9 cm³/mol. The highest BCUT2D eigenvalue weighted by Gasteiger charge is 2.49. The number of alkyl halides is 3. The first-order chi connectivity index (χ1) is 12.7. The van der Waals surface area contributed by atoms with Crippen LogP contribution in [-0.2, 0) is 19.6 Å². The summed E-state index contributed by atoms with van der Waals surface area (Å²) < 4.78 is 74.8. The van der Waals surface area contributed by atoms with Gasteiger partial charge >= 0.3 is 27.6 Å². The summed E-state index contributed by atoms with van der Waals surface area (Å²) in [4.78, 5) is 23.6. The van der Waals surface area contributed by atoms with Crippen LogP contribution in [0.3, 0.4) is 0 Å². The maximum Gasteiger partial charge on any atom is 0.534 e. The Morgan fingerprint density at radius 2 is 1.68 bits per heavy atom. The lowest BCUT2D eigenvalue weighted by atomic mass is 10.1. The number of thiophene rings is 1. The zero-order valence-corrected chi connectivity index (χ0v) is 16.7. The van der Waals surface area contributed by atoms with Gasteiger partial charge in [-0.15, -0.1) is 11.3 Å². The van der Waals surface area contributed by atoms with Crippen LogP contribution in [0.2, 0.25) is 0 Å². The molecule has 1 aromatic carbocycles. The Balaban J connectivity index is 2.60. The molecule has 2 rings (SSSR count). The van der Waals surface area contributed by atoms with Crippen molar-refractivity contribution in [2.45, 2.75) is 31.9 Å². The van der Waals surface area contributed by atoms with E-state index in [0.717, 1.165) is 7.11 Å². The summed E-state index contributed by atoms with van der Waals surface area (Å²) in [5.41, 5.74) is -6.41. The van der Waals surface area contributed by atoms with Gasteiger partial charge in [-0.3, -0.25) is 0 Å². The normalized spacial score (nSPS) is 12.7. The molecule has 12 heteroatoms. The van der Waals surface area contributed by atoms with Gasteiger partial charge in [-0.2, -0.15) is 21.6 Å². The molecule has 0 saturated heterocycles. The van der Waals surface area contributed by atoms with Crippen molar-refractivity contribution in [2.75, 3.05) is 7.11 Å². The van der Waals surface area contributed by atoms with Gasteiger partial charge in [0.25, 0.3) is 0 Å². The maximum atomic E-state index is 12.7. The fourth-order valence-electron chi connectivity index (χ4n) is 2.00. The molecule has 0 radical (unpaired) electrons. The first-order valence-corrected chi connectivity index (χ1v) is 9.78. The van der Waals surface area contributed by atoms with Crippen molar-refractivity contribution >= 4 is 43.5 Å². The molecule has 0 bridgehead atoms. The van der Waals surface area contributed by atoms with Crippen LogP contribution in [0, 0.1) is 0 Å². The molecule has 7 nitrogen and oxygen atoms in total. The van der Waals surface area contributed by atoms with Crippen LogP contribution in [0.4, 0.5) is 13.2 Å². The van der Waals surface area contributed by atoms with E-state index in [9.17, 15) is 31.2 Å². The minimum atomic E-state index is -6.02. The number of carbonyl (C=O) groups excluding carboxylic acids is 2. The molecule has 28 heavy (non-hydrogen) atoms. The third kappa shape index (κ3) is 4.55. The molecule has 0 aliphatic heterocycles. The van der Waals surface area contributed by atoms with Gasteiger partial charge < -0.3 is 13.7 Å². The molecule has 0 N–H and O–H groups in total. The van der Waals surface area contributed by atoms with Crippen LogP contribution in [0.25, 0.3) is 10.1 Å². The van der Waals surface area contributed by atoms with Crippen molar-refractivity contribution in [3.8, 4) is 5.75 Å². The number of halogens is 3. The molecule has 0 aliphatic carbocycles. The van der Waals surface area contributed by atoms with Gasteiger partial charge in [-0.1, -0.05) is 0 Å². The van der Waals surface area contributed by atoms with Crippen LogP contribution in [0.5, 0.6) is 5.75 Å². The molecule has 0 unspecified atom stereocenters. The highest BCUT2D eigenvalue weighted by atomic mass is 32.2. The number of esters is 2. The summed E-state index contributed by atoms with van der Waals surface area (Å²) in [6, 6.07) is 3.64. The SMILES string of the molecule is COC(=O)c1sc2cc(C(=O)OC(C)(C)C)ccc2c1OS(=O)(=O)C(F)(F)F. The predicted octanol–water partition coefficient (Wildman–Crippen LogP) is 3.87. The fraction of sp³-hybridized carbons (Fsp3) is 0.375. The lowest BCUT2D eigenvalue weighted by molar-refractivity contribution is -0.0500. The molecule has 0 fully saturated rings. The number of hydrogen-bond donors (Lipinski definition) is 0. The first-order valence-electron chi connectivity index (χ1n) is 7.55. The molecule has 0 amide bonds. The van der Waals surface area contributed by atoms with Crippen molar-refractivity contribution in [3.05, 3.63) is 28.6 Å². The number of rotatable bonds is 4. The van der Waals surface area contributed by atoms with Gasteiger partial charge in [0.1, 0.15) is 5.60 Å². The van der Waals surface area contributed by atoms with E-state index in [-0.39, 0.29) is 15.6 Å². The van der Waals surface area contributed by atoms with E-state index in [0.29, 0.717) is 11.3 Å². The van der Waals surface area contributed by atoms with Crippen molar-refractivity contribution < 1.29 is 44.8 Å². The van der Waals surface area contributed by atoms with Crippen LogP contribution in [-0.4, -0.2) is 38.6 Å². The van der Waals surface area contributed by atoms with Crippen molar-refractivity contribution in [3.63, 3.8) is 0 Å². The number of benzene rings is 1. The summed E-state index contributed by atoms with van der Waals surface area (Å²) in [5.74, 6) is -2.61. The number of hydrogen-bond acceptors (Lipinski definition) is 8. The largest absolute Gasteiger partial charge is 0.534 e. The zero-order valence-electron chi connectivity index (χ0n) is 15.0. The van der Waals surface area contributed by atoms with Gasteiger partial charge in [0, 0.05) is 10.1 Å². The van der Waals surface area contributed by atoms with Gasteiger partial charge in [-0.25, -0.2) is 9.59 Å². The van der Waals surface area contributed by atoms with Crippen molar-refractivity contribution in [1.29, 1.82) is 0 Å².